The van der Waals surface area contributed by atoms with Gasteiger partial charge in [-0.25, -0.2) is 13.4 Å². The highest BCUT2D eigenvalue weighted by atomic mass is 35.7. The molecule has 0 aliphatic carbocycles. The van der Waals surface area contributed by atoms with Crippen LogP contribution in [-0.2, 0) is 9.05 Å². The quantitative estimate of drug-likeness (QED) is 0.638. The second-order valence-electron chi connectivity index (χ2n) is 3.40. The molecule has 0 fully saturated rings. The number of aromatic nitrogens is 1. The summed E-state index contributed by atoms with van der Waals surface area (Å²) in [6.45, 7) is 2.11. The van der Waals surface area contributed by atoms with E-state index in [2.05, 4.69) is 11.9 Å². The van der Waals surface area contributed by atoms with Crippen molar-refractivity contribution in [2.75, 3.05) is 5.75 Å². The van der Waals surface area contributed by atoms with Crippen molar-refractivity contribution >= 4 is 53.0 Å². The molecular formula is C10H10ClNO2S3. The van der Waals surface area contributed by atoms with E-state index in [9.17, 15) is 8.42 Å². The summed E-state index contributed by atoms with van der Waals surface area (Å²) in [6.07, 6.45) is 1.09. The van der Waals surface area contributed by atoms with Crippen molar-refractivity contribution in [1.82, 2.24) is 4.98 Å². The number of rotatable bonds is 4. The number of hydrogen-bond donors (Lipinski definition) is 0. The van der Waals surface area contributed by atoms with Gasteiger partial charge in [-0.3, -0.25) is 0 Å². The molecule has 2 rings (SSSR count). The molecule has 1 aromatic heterocycles. The van der Waals surface area contributed by atoms with Crippen LogP contribution in [0.25, 0.3) is 10.2 Å². The molecule has 0 atom stereocenters. The Bertz CT molecular complexity index is 636. The lowest BCUT2D eigenvalue weighted by atomic mass is 10.3. The lowest BCUT2D eigenvalue weighted by Crippen LogP contribution is -1.88. The van der Waals surface area contributed by atoms with Crippen molar-refractivity contribution in [3.63, 3.8) is 0 Å². The van der Waals surface area contributed by atoms with E-state index in [0.717, 1.165) is 26.7 Å². The topological polar surface area (TPSA) is 47.0 Å². The molecule has 7 heteroatoms. The zero-order valence-electron chi connectivity index (χ0n) is 9.01. The van der Waals surface area contributed by atoms with Gasteiger partial charge in [0.05, 0.1) is 15.1 Å². The van der Waals surface area contributed by atoms with Crippen LogP contribution in [0.5, 0.6) is 0 Å². The molecule has 0 saturated carbocycles. The van der Waals surface area contributed by atoms with Crippen molar-refractivity contribution in [1.29, 1.82) is 0 Å². The van der Waals surface area contributed by atoms with E-state index in [1.54, 1.807) is 23.9 Å². The second-order valence-corrected chi connectivity index (χ2v) is 8.33. The zero-order chi connectivity index (χ0) is 12.5. The van der Waals surface area contributed by atoms with Crippen molar-refractivity contribution in [2.45, 2.75) is 22.6 Å². The van der Waals surface area contributed by atoms with Gasteiger partial charge in [0, 0.05) is 16.4 Å². The smallest absolute Gasteiger partial charge is 0.230 e. The van der Waals surface area contributed by atoms with Crippen LogP contribution in [0, 0.1) is 0 Å². The third kappa shape index (κ3) is 3.13. The van der Waals surface area contributed by atoms with Crippen LogP contribution in [0.4, 0.5) is 0 Å². The first kappa shape index (κ1) is 13.1. The molecule has 0 bridgehead atoms. The van der Waals surface area contributed by atoms with Crippen molar-refractivity contribution in [3.05, 3.63) is 18.2 Å². The minimum Gasteiger partial charge on any atom is -0.230 e. The monoisotopic (exact) mass is 307 g/mol. The average molecular weight is 308 g/mol. The van der Waals surface area contributed by atoms with E-state index in [-0.39, 0.29) is 4.90 Å². The Morgan fingerprint density at radius 3 is 2.88 bits per heavy atom. The van der Waals surface area contributed by atoms with Gasteiger partial charge in [-0.2, -0.15) is 0 Å². The summed E-state index contributed by atoms with van der Waals surface area (Å²) in [5, 5.41) is 0. The summed E-state index contributed by atoms with van der Waals surface area (Å²) in [5.41, 5.74) is 0.817. The highest BCUT2D eigenvalue weighted by Crippen LogP contribution is 2.31. The lowest BCUT2D eigenvalue weighted by Gasteiger charge is -1.94. The molecular weight excluding hydrogens is 298 g/mol. The molecule has 92 valence electrons. The zero-order valence-corrected chi connectivity index (χ0v) is 12.2. The Labute approximate surface area is 113 Å². The molecule has 1 aromatic carbocycles. The minimum absolute atomic E-state index is 0.127. The summed E-state index contributed by atoms with van der Waals surface area (Å²) in [4.78, 5) is 4.54. The molecule has 0 amide bonds. The van der Waals surface area contributed by atoms with E-state index >= 15 is 0 Å². The number of fused-ring (bicyclic) bond motifs is 1. The molecule has 0 spiro atoms. The number of thiazole rings is 1. The van der Waals surface area contributed by atoms with Gasteiger partial charge in [0.2, 0.25) is 0 Å². The first-order chi connectivity index (χ1) is 8.00. The van der Waals surface area contributed by atoms with E-state index < -0.39 is 9.05 Å². The molecule has 17 heavy (non-hydrogen) atoms. The van der Waals surface area contributed by atoms with Crippen LogP contribution in [0.3, 0.4) is 0 Å². The van der Waals surface area contributed by atoms with Crippen LogP contribution in [0.2, 0.25) is 0 Å². The Balaban J connectivity index is 2.41. The molecule has 0 saturated heterocycles. The maximum absolute atomic E-state index is 11.2. The number of hydrogen-bond acceptors (Lipinski definition) is 5. The third-order valence-corrected chi connectivity index (χ3v) is 5.77. The molecule has 3 nitrogen and oxygen atoms in total. The van der Waals surface area contributed by atoms with Gasteiger partial charge in [0.25, 0.3) is 9.05 Å². The molecule has 0 radical (unpaired) electrons. The number of thioether (sulfide) groups is 1. The second kappa shape index (κ2) is 5.14. The van der Waals surface area contributed by atoms with Gasteiger partial charge in [-0.15, -0.1) is 11.3 Å². The average Bonchev–Trinajstić information content (AvgIpc) is 2.66. The van der Waals surface area contributed by atoms with Crippen LogP contribution in [-0.4, -0.2) is 19.2 Å². The third-order valence-electron chi connectivity index (χ3n) is 2.05. The summed E-state index contributed by atoms with van der Waals surface area (Å²) in [7, 11) is 1.64. The fraction of sp³-hybridized carbons (Fsp3) is 0.300. The van der Waals surface area contributed by atoms with E-state index in [0.29, 0.717) is 0 Å². The molecule has 2 aromatic rings. The van der Waals surface area contributed by atoms with Gasteiger partial charge < -0.3 is 0 Å². The van der Waals surface area contributed by atoms with Crippen LogP contribution in [0.1, 0.15) is 13.3 Å². The van der Waals surface area contributed by atoms with Crippen molar-refractivity contribution in [2.24, 2.45) is 0 Å². The van der Waals surface area contributed by atoms with Gasteiger partial charge in [0.1, 0.15) is 0 Å². The summed E-state index contributed by atoms with van der Waals surface area (Å²) in [5.74, 6) is 1.01. The number of nitrogens with zero attached hydrogens (tertiary/aromatic N) is 1. The Morgan fingerprint density at radius 2 is 2.24 bits per heavy atom. The van der Waals surface area contributed by atoms with Gasteiger partial charge >= 0.3 is 0 Å². The number of halogens is 1. The van der Waals surface area contributed by atoms with Crippen molar-refractivity contribution < 1.29 is 8.42 Å². The predicted octanol–water partition coefficient (Wildman–Crippen LogP) is 3.73. The van der Waals surface area contributed by atoms with Crippen LogP contribution in [0.15, 0.2) is 27.4 Å². The summed E-state index contributed by atoms with van der Waals surface area (Å²) >= 11 is 3.18. The largest absolute Gasteiger partial charge is 0.261 e. The van der Waals surface area contributed by atoms with E-state index in [1.165, 1.54) is 17.4 Å². The molecule has 0 aliphatic heterocycles. The first-order valence-electron chi connectivity index (χ1n) is 4.99. The molecule has 1 heterocycles. The standard InChI is InChI=1S/C10H10ClNO2S3/c1-2-5-15-10-12-8-4-3-7(17(11,13)14)6-9(8)16-10/h3-4,6H,2,5H2,1H3. The van der Waals surface area contributed by atoms with Gasteiger partial charge in [0.15, 0.2) is 4.34 Å². The lowest BCUT2D eigenvalue weighted by molar-refractivity contribution is 0.609. The van der Waals surface area contributed by atoms with Gasteiger partial charge in [-0.1, -0.05) is 18.7 Å². The summed E-state index contributed by atoms with van der Waals surface area (Å²) < 4.78 is 24.2. The molecule has 0 N–H and O–H groups in total. The maximum Gasteiger partial charge on any atom is 0.261 e. The van der Waals surface area contributed by atoms with E-state index in [4.69, 9.17) is 10.7 Å². The Hall–Kier alpha value is -0.300. The maximum atomic E-state index is 11.2. The predicted molar refractivity (Wildman–Crippen MR) is 73.7 cm³/mol. The number of benzene rings is 1. The highest BCUT2D eigenvalue weighted by Gasteiger charge is 2.12. The van der Waals surface area contributed by atoms with Crippen LogP contribution < -0.4 is 0 Å². The Morgan fingerprint density at radius 1 is 1.47 bits per heavy atom. The summed E-state index contributed by atoms with van der Waals surface area (Å²) in [6, 6.07) is 4.75. The normalized spacial score (nSPS) is 12.1. The molecule has 0 unspecified atom stereocenters. The minimum atomic E-state index is -3.66. The first-order valence-corrected chi connectivity index (χ1v) is 9.10. The van der Waals surface area contributed by atoms with Gasteiger partial charge in [-0.05, 0) is 24.6 Å². The fourth-order valence-corrected chi connectivity index (χ4v) is 4.17. The van der Waals surface area contributed by atoms with Crippen molar-refractivity contribution in [3.8, 4) is 0 Å². The highest BCUT2D eigenvalue weighted by molar-refractivity contribution is 8.13. The SMILES string of the molecule is CCCSc1nc2ccc(S(=O)(=O)Cl)cc2s1. The van der Waals surface area contributed by atoms with E-state index in [1.807, 2.05) is 0 Å². The molecule has 0 aliphatic rings. The Kier molecular flexibility index (Phi) is 3.97. The fourth-order valence-electron chi connectivity index (χ4n) is 1.29. The van der Waals surface area contributed by atoms with Crippen LogP contribution >= 0.6 is 33.8 Å².